The molecular weight excluding hydrogens is 365 g/mol. The minimum Gasteiger partial charge on any atom is -0.352 e. The molecule has 1 N–H and O–H groups in total. The van der Waals surface area contributed by atoms with Crippen LogP contribution in [0.15, 0.2) is 17.0 Å². The van der Waals surface area contributed by atoms with Crippen molar-refractivity contribution in [3.8, 4) is 0 Å². The number of nitrogens with zero attached hydrogens (tertiary/aromatic N) is 1. The minimum absolute atomic E-state index is 0.0701. The van der Waals surface area contributed by atoms with Crippen molar-refractivity contribution in [2.45, 2.75) is 37.2 Å². The van der Waals surface area contributed by atoms with E-state index in [1.54, 1.807) is 6.92 Å². The Labute approximate surface area is 142 Å². The van der Waals surface area contributed by atoms with Gasteiger partial charge < -0.3 is 5.32 Å². The second-order valence-electron chi connectivity index (χ2n) is 5.42. The lowest BCUT2D eigenvalue weighted by Crippen LogP contribution is -2.49. The van der Waals surface area contributed by atoms with E-state index in [9.17, 15) is 26.4 Å². The van der Waals surface area contributed by atoms with Crippen LogP contribution >= 0.6 is 11.8 Å². The predicted octanol–water partition coefficient (Wildman–Crippen LogP) is 2.08. The molecule has 1 heterocycles. The molecule has 24 heavy (non-hydrogen) atoms. The highest BCUT2D eigenvalue weighted by Crippen LogP contribution is 2.30. The van der Waals surface area contributed by atoms with Crippen LogP contribution < -0.4 is 5.32 Å². The maximum Gasteiger partial charge on any atom is 0.247 e. The monoisotopic (exact) mass is 382 g/mol. The van der Waals surface area contributed by atoms with Crippen molar-refractivity contribution >= 4 is 27.7 Å². The number of carbonyl (C=O) groups is 1. The van der Waals surface area contributed by atoms with Gasteiger partial charge in [0.15, 0.2) is 11.6 Å². The van der Waals surface area contributed by atoms with Crippen molar-refractivity contribution in [1.82, 2.24) is 9.62 Å². The maximum absolute atomic E-state index is 13.9. The fourth-order valence-electron chi connectivity index (χ4n) is 2.14. The molecule has 2 unspecified atom stereocenters. The van der Waals surface area contributed by atoms with Gasteiger partial charge in [-0.2, -0.15) is 4.31 Å². The number of carbonyl (C=O) groups excluding carboxylic acids is 1. The molecule has 1 aliphatic heterocycles. The highest BCUT2D eigenvalue weighted by Gasteiger charge is 2.41. The number of amides is 1. The van der Waals surface area contributed by atoms with Crippen LogP contribution in [0.1, 0.15) is 20.3 Å². The van der Waals surface area contributed by atoms with Gasteiger partial charge in [-0.05, 0) is 19.4 Å². The number of nitrogens with one attached hydrogen (secondary N) is 1. The smallest absolute Gasteiger partial charge is 0.247 e. The van der Waals surface area contributed by atoms with E-state index in [0.29, 0.717) is 12.5 Å². The van der Waals surface area contributed by atoms with Crippen molar-refractivity contribution in [1.29, 1.82) is 0 Å². The van der Waals surface area contributed by atoms with Crippen molar-refractivity contribution in [3.05, 3.63) is 29.6 Å². The number of hydrogen-bond donors (Lipinski definition) is 1. The van der Waals surface area contributed by atoms with Crippen LogP contribution in [-0.4, -0.2) is 42.3 Å². The third kappa shape index (κ3) is 3.70. The Morgan fingerprint density at radius 2 is 1.96 bits per heavy atom. The Bertz CT molecular complexity index is 743. The second-order valence-corrected chi connectivity index (χ2v) is 8.28. The molecule has 0 saturated carbocycles. The normalized spacial score (nSPS) is 20.1. The third-order valence-corrected chi connectivity index (χ3v) is 6.75. The summed E-state index contributed by atoms with van der Waals surface area (Å²) in [5.41, 5.74) is 0. The van der Waals surface area contributed by atoms with E-state index in [1.807, 2.05) is 6.92 Å². The van der Waals surface area contributed by atoms with Gasteiger partial charge in [0, 0.05) is 17.9 Å². The summed E-state index contributed by atoms with van der Waals surface area (Å²) in [6, 6.07) is -0.694. The van der Waals surface area contributed by atoms with Crippen LogP contribution in [0.25, 0.3) is 0 Å². The fraction of sp³-hybridized carbons (Fsp3) is 0.500. The van der Waals surface area contributed by atoms with E-state index in [2.05, 4.69) is 5.32 Å². The first kappa shape index (κ1) is 19.1. The molecule has 1 fully saturated rings. The summed E-state index contributed by atoms with van der Waals surface area (Å²) in [6.45, 7) is 3.63. The van der Waals surface area contributed by atoms with Gasteiger partial charge in [-0.25, -0.2) is 21.6 Å². The van der Waals surface area contributed by atoms with E-state index in [0.717, 1.165) is 4.31 Å². The first-order chi connectivity index (χ1) is 11.2. The zero-order chi connectivity index (χ0) is 18.1. The van der Waals surface area contributed by atoms with Crippen molar-refractivity contribution in [2.24, 2.45) is 0 Å². The molecule has 1 aromatic rings. The summed E-state index contributed by atoms with van der Waals surface area (Å²) in [7, 11) is -4.48. The molecule has 1 aromatic carbocycles. The molecule has 0 aliphatic carbocycles. The van der Waals surface area contributed by atoms with Gasteiger partial charge in [-0.1, -0.05) is 6.92 Å². The van der Waals surface area contributed by atoms with Crippen LogP contribution in [-0.2, 0) is 14.8 Å². The fourth-order valence-corrected chi connectivity index (χ4v) is 5.35. The summed E-state index contributed by atoms with van der Waals surface area (Å²) in [4.78, 5) is 11.3. The number of sulfonamides is 1. The number of halogens is 3. The van der Waals surface area contributed by atoms with E-state index in [1.165, 1.54) is 11.8 Å². The molecule has 0 bridgehead atoms. The Hall–Kier alpha value is -1.26. The Morgan fingerprint density at radius 3 is 2.58 bits per heavy atom. The number of rotatable bonds is 5. The molecule has 0 spiro atoms. The lowest BCUT2D eigenvalue weighted by atomic mass is 10.2. The average molecular weight is 382 g/mol. The van der Waals surface area contributed by atoms with E-state index < -0.39 is 44.3 Å². The lowest BCUT2D eigenvalue weighted by Gasteiger charge is -2.24. The highest BCUT2D eigenvalue weighted by atomic mass is 32.2. The molecule has 1 amide bonds. The quantitative estimate of drug-likeness (QED) is 0.792. The van der Waals surface area contributed by atoms with E-state index in [-0.39, 0.29) is 23.7 Å². The van der Waals surface area contributed by atoms with Crippen LogP contribution in [0.4, 0.5) is 13.2 Å². The molecule has 0 radical (unpaired) electrons. The first-order valence-electron chi connectivity index (χ1n) is 7.23. The van der Waals surface area contributed by atoms with Gasteiger partial charge in [0.25, 0.3) is 0 Å². The van der Waals surface area contributed by atoms with Crippen LogP contribution in [0, 0.1) is 17.5 Å². The van der Waals surface area contributed by atoms with Crippen molar-refractivity contribution in [2.75, 3.05) is 11.6 Å². The highest BCUT2D eigenvalue weighted by molar-refractivity contribution is 8.00. The van der Waals surface area contributed by atoms with Gasteiger partial charge in [0.05, 0.1) is 5.88 Å². The number of hydrogen-bond acceptors (Lipinski definition) is 4. The molecule has 1 aliphatic rings. The molecule has 0 aromatic heterocycles. The maximum atomic E-state index is 13.9. The van der Waals surface area contributed by atoms with Crippen LogP contribution in [0.5, 0.6) is 0 Å². The summed E-state index contributed by atoms with van der Waals surface area (Å²) < 4.78 is 66.2. The SMILES string of the molecule is CCC(C)NC(=O)C1CSCN1S(=O)(=O)c1cc(F)c(F)cc1F. The Balaban J connectivity index is 2.34. The third-order valence-electron chi connectivity index (χ3n) is 3.71. The van der Waals surface area contributed by atoms with Crippen LogP contribution in [0.2, 0.25) is 0 Å². The molecule has 1 saturated heterocycles. The molecule has 134 valence electrons. The Kier molecular flexibility index (Phi) is 5.82. The van der Waals surface area contributed by atoms with E-state index in [4.69, 9.17) is 0 Å². The molecule has 5 nitrogen and oxygen atoms in total. The minimum atomic E-state index is -4.48. The van der Waals surface area contributed by atoms with Crippen LogP contribution in [0.3, 0.4) is 0 Å². The summed E-state index contributed by atoms with van der Waals surface area (Å²) in [6.07, 6.45) is 0.663. The van der Waals surface area contributed by atoms with Crippen molar-refractivity contribution < 1.29 is 26.4 Å². The van der Waals surface area contributed by atoms with Crippen molar-refractivity contribution in [3.63, 3.8) is 0 Å². The number of benzene rings is 1. The molecule has 2 rings (SSSR count). The molecule has 2 atom stereocenters. The summed E-state index contributed by atoms with van der Waals surface area (Å²) >= 11 is 1.18. The largest absolute Gasteiger partial charge is 0.352 e. The lowest BCUT2D eigenvalue weighted by molar-refractivity contribution is -0.124. The molecular formula is C14H17F3N2O3S2. The summed E-state index contributed by atoms with van der Waals surface area (Å²) in [5, 5.41) is 2.67. The zero-order valence-electron chi connectivity index (χ0n) is 13.1. The number of thioether (sulfide) groups is 1. The van der Waals surface area contributed by atoms with Gasteiger partial charge in [0.2, 0.25) is 15.9 Å². The predicted molar refractivity (Wildman–Crippen MR) is 84.3 cm³/mol. The average Bonchev–Trinajstić information content (AvgIpc) is 3.01. The van der Waals surface area contributed by atoms with E-state index >= 15 is 0 Å². The van der Waals surface area contributed by atoms with Gasteiger partial charge in [-0.15, -0.1) is 11.8 Å². The second kappa shape index (κ2) is 7.32. The topological polar surface area (TPSA) is 66.5 Å². The first-order valence-corrected chi connectivity index (χ1v) is 9.82. The summed E-state index contributed by atoms with van der Waals surface area (Å²) in [5.74, 6) is -4.71. The van der Waals surface area contributed by atoms with Gasteiger partial charge in [-0.3, -0.25) is 4.79 Å². The van der Waals surface area contributed by atoms with Gasteiger partial charge >= 0.3 is 0 Å². The zero-order valence-corrected chi connectivity index (χ0v) is 14.7. The standard InChI is InChI=1S/C14H17F3N2O3S2/c1-3-8(2)18-14(20)12-6-23-7-19(12)24(21,22)13-5-10(16)9(15)4-11(13)17/h4-5,8,12H,3,6-7H2,1-2H3,(H,18,20). The molecule has 10 heteroatoms. The Morgan fingerprint density at radius 1 is 1.33 bits per heavy atom. The van der Waals surface area contributed by atoms with Gasteiger partial charge in [0.1, 0.15) is 16.8 Å².